The van der Waals surface area contributed by atoms with Gasteiger partial charge in [0.2, 0.25) is 17.7 Å². The van der Waals surface area contributed by atoms with Gasteiger partial charge in [-0.3, -0.25) is 24.6 Å². The molecule has 7 heteroatoms. The number of amides is 5. The number of hydrogen-bond donors (Lipinski definition) is 2. The molecule has 1 aliphatic rings. The minimum Gasteiger partial charge on any atom is -0.354 e. The normalized spacial score (nSPS) is 18.6. The molecule has 0 atom stereocenters. The molecule has 19 heavy (non-hydrogen) atoms. The Morgan fingerprint density at radius 3 is 2.42 bits per heavy atom. The first-order chi connectivity index (χ1) is 8.66. The topological polar surface area (TPSA) is 95.6 Å². The van der Waals surface area contributed by atoms with E-state index in [1.165, 1.54) is 13.8 Å². The summed E-state index contributed by atoms with van der Waals surface area (Å²) in [6, 6.07) is -0.775. The van der Waals surface area contributed by atoms with Gasteiger partial charge in [-0.25, -0.2) is 4.79 Å². The maximum Gasteiger partial charge on any atom is 0.330 e. The van der Waals surface area contributed by atoms with Crippen LogP contribution >= 0.6 is 0 Å². The Bertz CT molecular complexity index is 429. The first-order valence-corrected chi connectivity index (χ1v) is 6.13. The summed E-state index contributed by atoms with van der Waals surface area (Å²) < 4.78 is 0. The molecule has 0 aromatic carbocycles. The van der Waals surface area contributed by atoms with Crippen molar-refractivity contribution in [1.29, 1.82) is 0 Å². The van der Waals surface area contributed by atoms with Crippen LogP contribution in [0, 0.1) is 5.41 Å². The van der Waals surface area contributed by atoms with Gasteiger partial charge >= 0.3 is 6.03 Å². The van der Waals surface area contributed by atoms with Crippen molar-refractivity contribution in [1.82, 2.24) is 15.5 Å². The first kappa shape index (κ1) is 15.1. The Morgan fingerprint density at radius 1 is 1.32 bits per heavy atom. The van der Waals surface area contributed by atoms with Crippen molar-refractivity contribution in [2.24, 2.45) is 5.41 Å². The smallest absolute Gasteiger partial charge is 0.330 e. The number of rotatable bonds is 4. The molecule has 1 rings (SSSR count). The number of imide groups is 2. The monoisotopic (exact) mass is 269 g/mol. The molecule has 1 heterocycles. The highest BCUT2D eigenvalue weighted by atomic mass is 16.2. The van der Waals surface area contributed by atoms with E-state index in [1.54, 1.807) is 0 Å². The number of nitrogens with zero attached hydrogens (tertiary/aromatic N) is 1. The van der Waals surface area contributed by atoms with Crippen LogP contribution in [0.3, 0.4) is 0 Å². The van der Waals surface area contributed by atoms with Crippen molar-refractivity contribution in [3.63, 3.8) is 0 Å². The molecule has 7 nitrogen and oxygen atoms in total. The average Bonchev–Trinajstić information content (AvgIpc) is 2.25. The van der Waals surface area contributed by atoms with Crippen molar-refractivity contribution < 1.29 is 19.2 Å². The minimum atomic E-state index is -1.29. The fourth-order valence-corrected chi connectivity index (χ4v) is 1.66. The lowest BCUT2D eigenvalue weighted by molar-refractivity contribution is -0.149. The third-order valence-corrected chi connectivity index (χ3v) is 2.83. The average molecular weight is 269 g/mol. The molecule has 1 saturated heterocycles. The fraction of sp³-hybridized carbons (Fsp3) is 0.667. The van der Waals surface area contributed by atoms with Crippen molar-refractivity contribution >= 4 is 23.8 Å². The lowest BCUT2D eigenvalue weighted by atomic mass is 9.89. The predicted octanol–water partition coefficient (Wildman–Crippen LogP) is 0.00570. The van der Waals surface area contributed by atoms with Crippen molar-refractivity contribution in [3.05, 3.63) is 0 Å². The Kier molecular flexibility index (Phi) is 4.28. The van der Waals surface area contributed by atoms with E-state index in [1.807, 2.05) is 13.8 Å². The standard InChI is InChI=1S/C12H19N3O4/c1-7(2)13-8(16)5-6-15-10(18)12(3,4)9(17)14-11(15)19/h7H,5-6H2,1-4H3,(H,13,16)(H,14,17,19). The number of hydrogen-bond acceptors (Lipinski definition) is 4. The third kappa shape index (κ3) is 3.30. The summed E-state index contributed by atoms with van der Waals surface area (Å²) in [4.78, 5) is 47.5. The van der Waals surface area contributed by atoms with Gasteiger partial charge in [-0.2, -0.15) is 0 Å². The van der Waals surface area contributed by atoms with Gasteiger partial charge in [-0.1, -0.05) is 0 Å². The zero-order valence-corrected chi connectivity index (χ0v) is 11.6. The Balaban J connectivity index is 2.67. The molecule has 0 aliphatic carbocycles. The van der Waals surface area contributed by atoms with Gasteiger partial charge in [-0.05, 0) is 27.7 Å². The van der Waals surface area contributed by atoms with Crippen molar-refractivity contribution in [2.75, 3.05) is 6.54 Å². The lowest BCUT2D eigenvalue weighted by Crippen LogP contribution is -2.62. The van der Waals surface area contributed by atoms with E-state index < -0.39 is 23.3 Å². The van der Waals surface area contributed by atoms with E-state index >= 15 is 0 Å². The molecule has 0 unspecified atom stereocenters. The summed E-state index contributed by atoms with van der Waals surface area (Å²) in [5, 5.41) is 4.78. The van der Waals surface area contributed by atoms with Crippen LogP contribution in [-0.4, -0.2) is 41.2 Å². The van der Waals surface area contributed by atoms with Crippen LogP contribution < -0.4 is 10.6 Å². The van der Waals surface area contributed by atoms with Gasteiger partial charge in [0.1, 0.15) is 5.41 Å². The third-order valence-electron chi connectivity index (χ3n) is 2.83. The molecular formula is C12H19N3O4. The molecular weight excluding hydrogens is 250 g/mol. The van der Waals surface area contributed by atoms with Crippen LogP contribution in [0.25, 0.3) is 0 Å². The Morgan fingerprint density at radius 2 is 1.89 bits per heavy atom. The molecule has 0 radical (unpaired) electrons. The molecule has 1 aliphatic heterocycles. The molecule has 0 spiro atoms. The van der Waals surface area contributed by atoms with Crippen LogP contribution in [0.15, 0.2) is 0 Å². The van der Waals surface area contributed by atoms with Crippen LogP contribution in [0.4, 0.5) is 4.79 Å². The number of barbiturate groups is 1. The van der Waals surface area contributed by atoms with Gasteiger partial charge in [0.15, 0.2) is 0 Å². The number of urea groups is 1. The van der Waals surface area contributed by atoms with E-state index in [-0.39, 0.29) is 24.9 Å². The largest absolute Gasteiger partial charge is 0.354 e. The second-order valence-corrected chi connectivity index (χ2v) is 5.31. The second kappa shape index (κ2) is 5.38. The van der Waals surface area contributed by atoms with Crippen molar-refractivity contribution in [3.8, 4) is 0 Å². The fourth-order valence-electron chi connectivity index (χ4n) is 1.66. The zero-order chi connectivity index (χ0) is 14.8. The summed E-state index contributed by atoms with van der Waals surface area (Å²) in [5.74, 6) is -1.45. The Labute approximate surface area is 111 Å². The molecule has 0 aromatic rings. The van der Waals surface area contributed by atoms with E-state index in [9.17, 15) is 19.2 Å². The highest BCUT2D eigenvalue weighted by Crippen LogP contribution is 2.23. The maximum atomic E-state index is 12.0. The predicted molar refractivity (Wildman–Crippen MR) is 66.9 cm³/mol. The number of carbonyl (C=O) groups is 4. The van der Waals surface area contributed by atoms with Gasteiger partial charge in [0.25, 0.3) is 0 Å². The molecule has 106 valence electrons. The summed E-state index contributed by atoms with van der Waals surface area (Å²) in [7, 11) is 0. The SMILES string of the molecule is CC(C)NC(=O)CCN1C(=O)NC(=O)C(C)(C)C1=O. The van der Waals surface area contributed by atoms with Crippen LogP contribution in [-0.2, 0) is 14.4 Å². The quantitative estimate of drug-likeness (QED) is 0.702. The summed E-state index contributed by atoms with van der Waals surface area (Å²) in [6.07, 6.45) is 0.0155. The molecule has 0 aromatic heterocycles. The van der Waals surface area contributed by atoms with E-state index in [4.69, 9.17) is 0 Å². The van der Waals surface area contributed by atoms with Gasteiger partial charge < -0.3 is 5.32 Å². The summed E-state index contributed by atoms with van der Waals surface area (Å²) in [6.45, 7) is 6.48. The summed E-state index contributed by atoms with van der Waals surface area (Å²) >= 11 is 0. The summed E-state index contributed by atoms with van der Waals surface area (Å²) in [5.41, 5.74) is -1.29. The zero-order valence-electron chi connectivity index (χ0n) is 11.6. The second-order valence-electron chi connectivity index (χ2n) is 5.31. The molecule has 0 saturated carbocycles. The molecule has 5 amide bonds. The highest BCUT2D eigenvalue weighted by molar-refractivity contribution is 6.18. The highest BCUT2D eigenvalue weighted by Gasteiger charge is 2.46. The number of nitrogens with one attached hydrogen (secondary N) is 2. The van der Waals surface area contributed by atoms with Crippen LogP contribution in [0.1, 0.15) is 34.1 Å². The van der Waals surface area contributed by atoms with Gasteiger partial charge in [0, 0.05) is 19.0 Å². The van der Waals surface area contributed by atoms with Crippen molar-refractivity contribution in [2.45, 2.75) is 40.2 Å². The van der Waals surface area contributed by atoms with Gasteiger partial charge in [0.05, 0.1) is 0 Å². The minimum absolute atomic E-state index is 0.00333. The van der Waals surface area contributed by atoms with Gasteiger partial charge in [-0.15, -0.1) is 0 Å². The van der Waals surface area contributed by atoms with E-state index in [2.05, 4.69) is 10.6 Å². The lowest BCUT2D eigenvalue weighted by Gasteiger charge is -2.34. The molecule has 1 fully saturated rings. The Hall–Kier alpha value is -1.92. The van der Waals surface area contributed by atoms with E-state index in [0.717, 1.165) is 4.90 Å². The number of carbonyl (C=O) groups excluding carboxylic acids is 4. The maximum absolute atomic E-state index is 12.0. The van der Waals surface area contributed by atoms with Crippen LogP contribution in [0.2, 0.25) is 0 Å². The first-order valence-electron chi connectivity index (χ1n) is 6.13. The molecule has 0 bridgehead atoms. The van der Waals surface area contributed by atoms with Crippen LogP contribution in [0.5, 0.6) is 0 Å². The van der Waals surface area contributed by atoms with E-state index in [0.29, 0.717) is 0 Å². The molecule has 2 N–H and O–H groups in total.